The molecule has 0 radical (unpaired) electrons. The zero-order valence-corrected chi connectivity index (χ0v) is 13.3. The summed E-state index contributed by atoms with van der Waals surface area (Å²) in [4.78, 5) is 24.4. The molecule has 0 bridgehead atoms. The van der Waals surface area contributed by atoms with Crippen LogP contribution in [0.1, 0.15) is 26.3 Å². The van der Waals surface area contributed by atoms with Crippen molar-refractivity contribution in [2.24, 2.45) is 11.8 Å². The molecule has 2 rings (SSSR count). The van der Waals surface area contributed by atoms with Crippen molar-refractivity contribution in [1.29, 1.82) is 0 Å². The topological polar surface area (TPSA) is 84.1 Å². The van der Waals surface area contributed by atoms with Crippen LogP contribution >= 0.6 is 0 Å². The molecule has 0 fully saturated rings. The fourth-order valence-electron chi connectivity index (χ4n) is 2.41. The molecule has 2 N–H and O–H groups in total. The van der Waals surface area contributed by atoms with Crippen LogP contribution in [-0.4, -0.2) is 28.7 Å². The molecule has 1 amide bonds. The smallest absolute Gasteiger partial charge is 0.318 e. The summed E-state index contributed by atoms with van der Waals surface area (Å²) in [5.74, 6) is -1.81. The zero-order valence-electron chi connectivity index (χ0n) is 13.3. The van der Waals surface area contributed by atoms with E-state index in [1.807, 2.05) is 32.9 Å². The number of amides is 1. The minimum atomic E-state index is -0.822. The molecule has 22 heavy (non-hydrogen) atoms. The third-order valence-electron chi connectivity index (χ3n) is 3.62. The summed E-state index contributed by atoms with van der Waals surface area (Å²) in [6, 6.07) is 3.68. The van der Waals surface area contributed by atoms with E-state index in [2.05, 4.69) is 15.5 Å². The van der Waals surface area contributed by atoms with Gasteiger partial charge in [-0.15, -0.1) is 0 Å². The lowest BCUT2D eigenvalue weighted by Gasteiger charge is -2.19. The molecule has 0 saturated heterocycles. The first-order valence-electron chi connectivity index (χ1n) is 7.35. The molecule has 1 aromatic heterocycles. The summed E-state index contributed by atoms with van der Waals surface area (Å²) < 4.78 is 5.00. The Kier molecular flexibility index (Phi) is 4.80. The van der Waals surface area contributed by atoms with Gasteiger partial charge in [0.25, 0.3) is 0 Å². The van der Waals surface area contributed by atoms with Crippen LogP contribution in [0.2, 0.25) is 0 Å². The highest BCUT2D eigenvalue weighted by Crippen LogP contribution is 2.25. The van der Waals surface area contributed by atoms with Crippen LogP contribution in [0.3, 0.4) is 0 Å². The van der Waals surface area contributed by atoms with Crippen molar-refractivity contribution < 1.29 is 14.3 Å². The molecule has 0 saturated carbocycles. The second kappa shape index (κ2) is 6.60. The van der Waals surface area contributed by atoms with Gasteiger partial charge in [-0.2, -0.15) is 5.10 Å². The maximum absolute atomic E-state index is 12.5. The van der Waals surface area contributed by atoms with Crippen LogP contribution in [0.15, 0.2) is 18.3 Å². The van der Waals surface area contributed by atoms with E-state index in [0.29, 0.717) is 5.69 Å². The van der Waals surface area contributed by atoms with Gasteiger partial charge in [-0.05, 0) is 37.5 Å². The Morgan fingerprint density at radius 1 is 1.36 bits per heavy atom. The molecule has 0 aliphatic rings. The third-order valence-corrected chi connectivity index (χ3v) is 3.62. The van der Waals surface area contributed by atoms with Crippen molar-refractivity contribution in [2.75, 3.05) is 11.9 Å². The van der Waals surface area contributed by atoms with Crippen molar-refractivity contribution in [1.82, 2.24) is 10.2 Å². The average molecular weight is 303 g/mol. The number of carbonyl (C=O) groups excluding carboxylic acids is 2. The van der Waals surface area contributed by atoms with E-state index in [-0.39, 0.29) is 18.4 Å². The number of carbonyl (C=O) groups is 2. The number of aryl methyl sites for hydroxylation is 1. The maximum atomic E-state index is 12.5. The molecule has 1 unspecified atom stereocenters. The maximum Gasteiger partial charge on any atom is 0.318 e. The van der Waals surface area contributed by atoms with Gasteiger partial charge < -0.3 is 10.1 Å². The second-order valence-corrected chi connectivity index (χ2v) is 5.54. The highest BCUT2D eigenvalue weighted by atomic mass is 16.5. The van der Waals surface area contributed by atoms with Crippen molar-refractivity contribution in [3.8, 4) is 0 Å². The minimum absolute atomic E-state index is 0.143. The lowest BCUT2D eigenvalue weighted by Crippen LogP contribution is -2.35. The molecule has 0 spiro atoms. The van der Waals surface area contributed by atoms with E-state index < -0.39 is 11.9 Å². The molecule has 1 heterocycles. The Morgan fingerprint density at radius 2 is 2.09 bits per heavy atom. The van der Waals surface area contributed by atoms with E-state index in [0.717, 1.165) is 16.5 Å². The molecule has 0 aliphatic heterocycles. The number of aromatic amines is 1. The Bertz CT molecular complexity index is 691. The lowest BCUT2D eigenvalue weighted by atomic mass is 9.94. The number of fused-ring (bicyclic) bond motifs is 1. The van der Waals surface area contributed by atoms with Gasteiger partial charge in [0, 0.05) is 11.1 Å². The largest absolute Gasteiger partial charge is 0.465 e. The van der Waals surface area contributed by atoms with Crippen LogP contribution in [-0.2, 0) is 14.3 Å². The number of ether oxygens (including phenoxy) is 1. The molecule has 1 aromatic carbocycles. The normalized spacial score (nSPS) is 12.4. The average Bonchev–Trinajstić information content (AvgIpc) is 2.91. The Labute approximate surface area is 129 Å². The number of nitrogens with zero attached hydrogens (tertiary/aromatic N) is 1. The quantitative estimate of drug-likeness (QED) is 0.657. The number of anilines is 1. The van der Waals surface area contributed by atoms with Crippen LogP contribution in [0, 0.1) is 18.8 Å². The Morgan fingerprint density at radius 3 is 2.73 bits per heavy atom. The number of H-pyrrole nitrogens is 1. The van der Waals surface area contributed by atoms with E-state index in [4.69, 9.17) is 4.74 Å². The minimum Gasteiger partial charge on any atom is -0.465 e. The number of hydrogen-bond donors (Lipinski definition) is 2. The van der Waals surface area contributed by atoms with Crippen molar-refractivity contribution in [3.63, 3.8) is 0 Å². The first-order chi connectivity index (χ1) is 10.5. The second-order valence-electron chi connectivity index (χ2n) is 5.54. The van der Waals surface area contributed by atoms with Crippen molar-refractivity contribution in [3.05, 3.63) is 23.9 Å². The first kappa shape index (κ1) is 16.0. The van der Waals surface area contributed by atoms with Gasteiger partial charge in [-0.25, -0.2) is 0 Å². The summed E-state index contributed by atoms with van der Waals surface area (Å²) in [7, 11) is 0. The Hall–Kier alpha value is -2.37. The number of hydrogen-bond acceptors (Lipinski definition) is 4. The molecule has 6 nitrogen and oxygen atoms in total. The molecular weight excluding hydrogens is 282 g/mol. The molecule has 6 heteroatoms. The predicted molar refractivity (Wildman–Crippen MR) is 84.4 cm³/mol. The van der Waals surface area contributed by atoms with Gasteiger partial charge in [0.05, 0.1) is 18.3 Å². The summed E-state index contributed by atoms with van der Waals surface area (Å²) in [5.41, 5.74) is 2.42. The summed E-state index contributed by atoms with van der Waals surface area (Å²) in [6.45, 7) is 7.53. The predicted octanol–water partition coefficient (Wildman–Crippen LogP) is 2.65. The number of rotatable bonds is 5. The molecule has 118 valence electrons. The third kappa shape index (κ3) is 3.10. The number of aromatic nitrogens is 2. The van der Waals surface area contributed by atoms with Crippen molar-refractivity contribution >= 4 is 28.5 Å². The van der Waals surface area contributed by atoms with Crippen LogP contribution in [0.5, 0.6) is 0 Å². The molecule has 2 aromatic rings. The lowest BCUT2D eigenvalue weighted by molar-refractivity contribution is -0.152. The summed E-state index contributed by atoms with van der Waals surface area (Å²) in [5, 5.41) is 10.7. The first-order valence-corrected chi connectivity index (χ1v) is 7.35. The highest BCUT2D eigenvalue weighted by molar-refractivity contribution is 6.06. The summed E-state index contributed by atoms with van der Waals surface area (Å²) >= 11 is 0. The molecular formula is C16H21N3O3. The van der Waals surface area contributed by atoms with Gasteiger partial charge in [-0.1, -0.05) is 13.8 Å². The number of esters is 1. The fraction of sp³-hybridized carbons (Fsp3) is 0.438. The molecule has 0 aliphatic carbocycles. The van der Waals surface area contributed by atoms with E-state index in [1.54, 1.807) is 13.1 Å². The van der Waals surface area contributed by atoms with E-state index >= 15 is 0 Å². The monoisotopic (exact) mass is 303 g/mol. The van der Waals surface area contributed by atoms with Crippen LogP contribution < -0.4 is 5.32 Å². The van der Waals surface area contributed by atoms with E-state index in [1.165, 1.54) is 0 Å². The van der Waals surface area contributed by atoms with Gasteiger partial charge in [0.1, 0.15) is 5.92 Å². The van der Waals surface area contributed by atoms with Gasteiger partial charge in [0.15, 0.2) is 0 Å². The van der Waals surface area contributed by atoms with Crippen molar-refractivity contribution in [2.45, 2.75) is 27.7 Å². The number of nitrogens with one attached hydrogen (secondary N) is 2. The van der Waals surface area contributed by atoms with E-state index in [9.17, 15) is 9.59 Å². The fourth-order valence-corrected chi connectivity index (χ4v) is 2.41. The SMILES string of the molecule is CCOC(=O)C(C(=O)Nc1ccc2cn[nH]c2c1C)C(C)C. The standard InChI is InChI=1S/C16H21N3O3/c1-5-22-16(21)13(9(2)3)15(20)18-12-7-6-11-8-17-19-14(11)10(12)4/h6-9,13H,5H2,1-4H3,(H,17,19)(H,18,20). The van der Waals surface area contributed by atoms with Gasteiger partial charge in [-0.3, -0.25) is 14.7 Å². The van der Waals surface area contributed by atoms with Gasteiger partial charge >= 0.3 is 5.97 Å². The highest BCUT2D eigenvalue weighted by Gasteiger charge is 2.31. The van der Waals surface area contributed by atoms with Crippen LogP contribution in [0.25, 0.3) is 10.9 Å². The van der Waals surface area contributed by atoms with Gasteiger partial charge in [0.2, 0.25) is 5.91 Å². The number of benzene rings is 1. The Balaban J connectivity index is 2.24. The molecule has 1 atom stereocenters. The van der Waals surface area contributed by atoms with Crippen LogP contribution in [0.4, 0.5) is 5.69 Å². The zero-order chi connectivity index (χ0) is 16.3. The summed E-state index contributed by atoms with van der Waals surface area (Å²) in [6.07, 6.45) is 1.73.